The summed E-state index contributed by atoms with van der Waals surface area (Å²) in [5, 5.41) is 8.40. The molecule has 0 amide bonds. The Morgan fingerprint density at radius 1 is 1.60 bits per heavy atom. The molecule has 0 atom stereocenters. The maximum atomic E-state index is 8.40. The molecule has 60 valence electrons. The van der Waals surface area contributed by atoms with Crippen molar-refractivity contribution >= 4 is 0 Å². The van der Waals surface area contributed by atoms with Gasteiger partial charge in [-0.3, -0.25) is 0 Å². The van der Waals surface area contributed by atoms with E-state index in [0.717, 1.165) is 6.54 Å². The average Bonchev–Trinajstić information content (AvgIpc) is 1.97. The van der Waals surface area contributed by atoms with Gasteiger partial charge in [0, 0.05) is 20.7 Å². The first kappa shape index (κ1) is 9.46. The number of ether oxygens (including phenoxy) is 1. The number of rotatable bonds is 5. The number of hydrogen-bond donors (Lipinski definition) is 1. The van der Waals surface area contributed by atoms with Crippen LogP contribution < -0.4 is 0 Å². The zero-order valence-electron chi connectivity index (χ0n) is 6.58. The second-order valence-corrected chi connectivity index (χ2v) is 2.04. The topological polar surface area (TPSA) is 32.7 Å². The normalized spacial score (nSPS) is 10.7. The van der Waals surface area contributed by atoms with Crippen molar-refractivity contribution < 1.29 is 9.84 Å². The van der Waals surface area contributed by atoms with Crippen molar-refractivity contribution in [3.8, 4) is 0 Å². The molecule has 0 unspecified atom stereocenters. The summed E-state index contributed by atoms with van der Waals surface area (Å²) in [6.07, 6.45) is 3.52. The highest BCUT2D eigenvalue weighted by atomic mass is 16.5. The number of aliphatic hydroxyl groups is 1. The fourth-order valence-electron chi connectivity index (χ4n) is 0.537. The molecular formula is C7H15NO2. The van der Waals surface area contributed by atoms with E-state index >= 15 is 0 Å². The molecule has 10 heavy (non-hydrogen) atoms. The third-order valence-electron chi connectivity index (χ3n) is 1.11. The van der Waals surface area contributed by atoms with Crippen molar-refractivity contribution in [1.29, 1.82) is 0 Å². The molecule has 3 nitrogen and oxygen atoms in total. The van der Waals surface area contributed by atoms with Gasteiger partial charge in [-0.1, -0.05) is 0 Å². The maximum Gasteiger partial charge on any atom is 0.0637 e. The third-order valence-corrected chi connectivity index (χ3v) is 1.11. The zero-order chi connectivity index (χ0) is 7.82. The van der Waals surface area contributed by atoms with Crippen LogP contribution >= 0.6 is 0 Å². The number of aliphatic hydroxyl groups excluding tert-OH is 1. The summed E-state index contributed by atoms with van der Waals surface area (Å²) in [7, 11) is 3.61. The lowest BCUT2D eigenvalue weighted by Gasteiger charge is -2.11. The molecule has 0 heterocycles. The molecule has 0 saturated carbocycles. The van der Waals surface area contributed by atoms with Crippen LogP contribution in [-0.4, -0.2) is 43.9 Å². The first-order chi connectivity index (χ1) is 4.81. The largest absolute Gasteiger partial charge is 0.392 e. The Kier molecular flexibility index (Phi) is 6.22. The van der Waals surface area contributed by atoms with Gasteiger partial charge in [0.1, 0.15) is 0 Å². The summed E-state index contributed by atoms with van der Waals surface area (Å²) in [6.45, 7) is 1.66. The molecule has 0 aromatic rings. The first-order valence-corrected chi connectivity index (χ1v) is 3.28. The Morgan fingerprint density at radius 2 is 2.30 bits per heavy atom. The number of methoxy groups -OCH3 is 1. The van der Waals surface area contributed by atoms with Crippen molar-refractivity contribution in [2.75, 3.05) is 33.9 Å². The van der Waals surface area contributed by atoms with Crippen LogP contribution in [0.5, 0.6) is 0 Å². The van der Waals surface area contributed by atoms with Crippen LogP contribution in [0.4, 0.5) is 0 Å². The molecule has 3 heteroatoms. The molecule has 0 aromatic carbocycles. The van der Waals surface area contributed by atoms with E-state index in [1.807, 2.05) is 18.1 Å². The van der Waals surface area contributed by atoms with E-state index in [1.54, 1.807) is 13.2 Å². The van der Waals surface area contributed by atoms with Gasteiger partial charge in [-0.25, -0.2) is 0 Å². The molecule has 0 aromatic heterocycles. The van der Waals surface area contributed by atoms with Gasteiger partial charge in [0.2, 0.25) is 0 Å². The number of nitrogens with zero attached hydrogens (tertiary/aromatic N) is 1. The fourth-order valence-corrected chi connectivity index (χ4v) is 0.537. The summed E-state index contributed by atoms with van der Waals surface area (Å²) < 4.78 is 4.85. The van der Waals surface area contributed by atoms with Crippen molar-refractivity contribution in [3.63, 3.8) is 0 Å². The zero-order valence-corrected chi connectivity index (χ0v) is 6.58. The molecule has 0 rings (SSSR count). The minimum Gasteiger partial charge on any atom is -0.392 e. The van der Waals surface area contributed by atoms with E-state index in [-0.39, 0.29) is 6.61 Å². The van der Waals surface area contributed by atoms with Crippen molar-refractivity contribution in [2.45, 2.75) is 0 Å². The highest BCUT2D eigenvalue weighted by molar-refractivity contribution is 4.79. The molecule has 0 aliphatic rings. The average molecular weight is 145 g/mol. The van der Waals surface area contributed by atoms with Crippen LogP contribution in [0.3, 0.4) is 0 Å². The van der Waals surface area contributed by atoms with Crippen LogP contribution in [0.25, 0.3) is 0 Å². The van der Waals surface area contributed by atoms with E-state index in [9.17, 15) is 0 Å². The fraction of sp³-hybridized carbons (Fsp3) is 0.714. The van der Waals surface area contributed by atoms with Gasteiger partial charge >= 0.3 is 0 Å². The molecule has 0 aliphatic heterocycles. The maximum absolute atomic E-state index is 8.40. The highest BCUT2D eigenvalue weighted by Crippen LogP contribution is 1.83. The van der Waals surface area contributed by atoms with Crippen molar-refractivity contribution in [2.24, 2.45) is 0 Å². The number of likely N-dealkylation sites (N-methyl/N-ethyl adjacent to an activating group) is 1. The molecule has 0 saturated heterocycles. The summed E-state index contributed by atoms with van der Waals surface area (Å²) in [5.41, 5.74) is 0. The lowest BCUT2D eigenvalue weighted by molar-refractivity contribution is 0.177. The quantitative estimate of drug-likeness (QED) is 0.594. The molecule has 0 fully saturated rings. The second kappa shape index (κ2) is 6.58. The van der Waals surface area contributed by atoms with Gasteiger partial charge in [-0.05, 0) is 12.3 Å². The Bertz CT molecular complexity index is 93.6. The predicted octanol–water partition coefficient (Wildman–Crippen LogP) is 0.0706. The standard InChI is InChI=1S/C7H15NO2/c1-8(4-3-6-9)5-7-10-2/h3-4,9H,5-7H2,1-2H3/b4-3+. The summed E-state index contributed by atoms with van der Waals surface area (Å²) in [4.78, 5) is 1.96. The summed E-state index contributed by atoms with van der Waals surface area (Å²) >= 11 is 0. The van der Waals surface area contributed by atoms with E-state index in [4.69, 9.17) is 9.84 Å². The molecule has 0 aliphatic carbocycles. The first-order valence-electron chi connectivity index (χ1n) is 3.28. The summed E-state index contributed by atoms with van der Waals surface area (Å²) in [6, 6.07) is 0. The van der Waals surface area contributed by atoms with Crippen LogP contribution in [0.1, 0.15) is 0 Å². The van der Waals surface area contributed by atoms with Crippen molar-refractivity contribution in [3.05, 3.63) is 12.3 Å². The van der Waals surface area contributed by atoms with Crippen LogP contribution in [0.15, 0.2) is 12.3 Å². The Balaban J connectivity index is 3.24. The minimum atomic E-state index is 0.0946. The monoisotopic (exact) mass is 145 g/mol. The van der Waals surface area contributed by atoms with Gasteiger partial charge in [-0.2, -0.15) is 0 Å². The molecule has 0 spiro atoms. The smallest absolute Gasteiger partial charge is 0.0637 e. The van der Waals surface area contributed by atoms with E-state index in [0.29, 0.717) is 6.61 Å². The van der Waals surface area contributed by atoms with Gasteiger partial charge < -0.3 is 14.7 Å². The third kappa shape index (κ3) is 5.59. The lowest BCUT2D eigenvalue weighted by atomic mass is 10.5. The van der Waals surface area contributed by atoms with Gasteiger partial charge in [0.25, 0.3) is 0 Å². The predicted molar refractivity (Wildman–Crippen MR) is 40.7 cm³/mol. The minimum absolute atomic E-state index is 0.0946. The summed E-state index contributed by atoms with van der Waals surface area (Å²) in [5.74, 6) is 0. The van der Waals surface area contributed by atoms with E-state index < -0.39 is 0 Å². The van der Waals surface area contributed by atoms with Crippen LogP contribution in [-0.2, 0) is 4.74 Å². The highest BCUT2D eigenvalue weighted by Gasteiger charge is 1.87. The Morgan fingerprint density at radius 3 is 2.80 bits per heavy atom. The lowest BCUT2D eigenvalue weighted by Crippen LogP contribution is -2.16. The molecule has 0 radical (unpaired) electrons. The van der Waals surface area contributed by atoms with E-state index in [1.165, 1.54) is 0 Å². The molecule has 0 bridgehead atoms. The van der Waals surface area contributed by atoms with Crippen LogP contribution in [0, 0.1) is 0 Å². The van der Waals surface area contributed by atoms with Gasteiger partial charge in [0.05, 0.1) is 13.2 Å². The van der Waals surface area contributed by atoms with Gasteiger partial charge in [-0.15, -0.1) is 0 Å². The van der Waals surface area contributed by atoms with E-state index in [2.05, 4.69) is 0 Å². The Hall–Kier alpha value is -0.540. The Labute approximate surface area is 61.9 Å². The molecule has 1 N–H and O–H groups in total. The number of hydrogen-bond acceptors (Lipinski definition) is 3. The molecular weight excluding hydrogens is 130 g/mol. The van der Waals surface area contributed by atoms with Crippen LogP contribution in [0.2, 0.25) is 0 Å². The van der Waals surface area contributed by atoms with Crippen molar-refractivity contribution in [1.82, 2.24) is 4.90 Å². The SMILES string of the molecule is COCCN(C)/C=C/CO. The second-order valence-electron chi connectivity index (χ2n) is 2.04. The van der Waals surface area contributed by atoms with Gasteiger partial charge in [0.15, 0.2) is 0 Å².